The lowest BCUT2D eigenvalue weighted by Crippen LogP contribution is -2.23. The molecule has 0 aliphatic rings. The van der Waals surface area contributed by atoms with Crippen molar-refractivity contribution in [2.24, 2.45) is 0 Å². The summed E-state index contributed by atoms with van der Waals surface area (Å²) >= 11 is 3.50. The number of hydrogen-bond donors (Lipinski definition) is 2. The molecule has 1 aromatic carbocycles. The minimum absolute atomic E-state index is 0.314. The first-order chi connectivity index (χ1) is 8.13. The maximum absolute atomic E-state index is 9.13. The molecule has 0 aliphatic carbocycles. The minimum Gasteiger partial charge on any atom is -0.492 e. The van der Waals surface area contributed by atoms with Crippen LogP contribution in [0.1, 0.15) is 25.8 Å². The summed E-state index contributed by atoms with van der Waals surface area (Å²) in [5.74, 6) is 0.881. The highest BCUT2D eigenvalue weighted by atomic mass is 79.9. The lowest BCUT2D eigenvalue weighted by atomic mass is 10.2. The standard InChI is InChI=1S/C13H20BrNO2/c1-3-6-17-13-5-4-11(7-12(13)14)9-15-8-10(2)16/h4-5,7,10,15-16H,3,6,8-9H2,1-2H3/t10-/m0/s1. The molecule has 0 amide bonds. The fourth-order valence-corrected chi connectivity index (χ4v) is 1.95. The van der Waals surface area contributed by atoms with Crippen LogP contribution in [0, 0.1) is 0 Å². The van der Waals surface area contributed by atoms with E-state index in [1.807, 2.05) is 18.2 Å². The number of hydrogen-bond acceptors (Lipinski definition) is 3. The van der Waals surface area contributed by atoms with Crippen molar-refractivity contribution in [3.63, 3.8) is 0 Å². The first-order valence-electron chi connectivity index (χ1n) is 5.93. The van der Waals surface area contributed by atoms with E-state index < -0.39 is 0 Å². The zero-order chi connectivity index (χ0) is 12.7. The molecule has 3 nitrogen and oxygen atoms in total. The lowest BCUT2D eigenvalue weighted by molar-refractivity contribution is 0.191. The van der Waals surface area contributed by atoms with Crippen molar-refractivity contribution in [1.29, 1.82) is 0 Å². The van der Waals surface area contributed by atoms with E-state index in [0.29, 0.717) is 6.54 Å². The van der Waals surface area contributed by atoms with Crippen LogP contribution in [0.5, 0.6) is 5.75 Å². The summed E-state index contributed by atoms with van der Waals surface area (Å²) in [5.41, 5.74) is 1.17. The highest BCUT2D eigenvalue weighted by Crippen LogP contribution is 2.26. The van der Waals surface area contributed by atoms with E-state index in [9.17, 15) is 0 Å². The van der Waals surface area contributed by atoms with Gasteiger partial charge in [0, 0.05) is 13.1 Å². The fourth-order valence-electron chi connectivity index (χ4n) is 1.41. The van der Waals surface area contributed by atoms with Gasteiger partial charge in [0.05, 0.1) is 17.2 Å². The Morgan fingerprint density at radius 2 is 2.24 bits per heavy atom. The molecule has 1 atom stereocenters. The lowest BCUT2D eigenvalue weighted by Gasteiger charge is -2.10. The van der Waals surface area contributed by atoms with Crippen LogP contribution in [0.3, 0.4) is 0 Å². The van der Waals surface area contributed by atoms with Gasteiger partial charge in [-0.25, -0.2) is 0 Å². The molecule has 0 fully saturated rings. The van der Waals surface area contributed by atoms with Crippen molar-refractivity contribution in [2.45, 2.75) is 32.9 Å². The van der Waals surface area contributed by atoms with Crippen LogP contribution in [0.4, 0.5) is 0 Å². The van der Waals surface area contributed by atoms with Crippen LogP contribution < -0.4 is 10.1 Å². The minimum atomic E-state index is -0.314. The third-order valence-corrected chi connectivity index (χ3v) is 2.85. The third kappa shape index (κ3) is 5.52. The van der Waals surface area contributed by atoms with E-state index in [1.54, 1.807) is 6.92 Å². The number of halogens is 1. The highest BCUT2D eigenvalue weighted by molar-refractivity contribution is 9.10. The van der Waals surface area contributed by atoms with Gasteiger partial charge in [0.25, 0.3) is 0 Å². The van der Waals surface area contributed by atoms with Crippen molar-refractivity contribution in [1.82, 2.24) is 5.32 Å². The van der Waals surface area contributed by atoms with Gasteiger partial charge in [-0.3, -0.25) is 0 Å². The topological polar surface area (TPSA) is 41.5 Å². The Morgan fingerprint density at radius 1 is 1.47 bits per heavy atom. The van der Waals surface area contributed by atoms with E-state index in [4.69, 9.17) is 9.84 Å². The molecular weight excluding hydrogens is 282 g/mol. The largest absolute Gasteiger partial charge is 0.492 e. The summed E-state index contributed by atoms with van der Waals surface area (Å²) in [6.07, 6.45) is 0.690. The van der Waals surface area contributed by atoms with Crippen LogP contribution in [0.2, 0.25) is 0 Å². The number of aliphatic hydroxyl groups is 1. The average molecular weight is 302 g/mol. The molecule has 0 aromatic heterocycles. The molecule has 0 unspecified atom stereocenters. The zero-order valence-corrected chi connectivity index (χ0v) is 12.0. The number of rotatable bonds is 7. The molecule has 17 heavy (non-hydrogen) atoms. The molecule has 0 saturated heterocycles. The Kier molecular flexibility index (Phi) is 6.55. The fraction of sp³-hybridized carbons (Fsp3) is 0.538. The Balaban J connectivity index is 2.50. The first-order valence-corrected chi connectivity index (χ1v) is 6.72. The van der Waals surface area contributed by atoms with E-state index in [2.05, 4.69) is 28.2 Å². The Labute approximate surface area is 111 Å². The van der Waals surface area contributed by atoms with Crippen LogP contribution >= 0.6 is 15.9 Å². The first kappa shape index (κ1) is 14.5. The van der Waals surface area contributed by atoms with Crippen molar-refractivity contribution < 1.29 is 9.84 Å². The molecule has 1 rings (SSSR count). The van der Waals surface area contributed by atoms with E-state index in [1.165, 1.54) is 5.56 Å². The summed E-state index contributed by atoms with van der Waals surface area (Å²) in [4.78, 5) is 0. The second-order valence-electron chi connectivity index (χ2n) is 4.09. The maximum atomic E-state index is 9.13. The predicted octanol–water partition coefficient (Wildman–Crippen LogP) is 2.71. The van der Waals surface area contributed by atoms with Gasteiger partial charge in [-0.15, -0.1) is 0 Å². The van der Waals surface area contributed by atoms with Crippen molar-refractivity contribution in [3.8, 4) is 5.75 Å². The summed E-state index contributed by atoms with van der Waals surface area (Å²) in [5, 5.41) is 12.3. The quantitative estimate of drug-likeness (QED) is 0.814. The molecule has 2 N–H and O–H groups in total. The number of aliphatic hydroxyl groups excluding tert-OH is 1. The predicted molar refractivity (Wildman–Crippen MR) is 73.3 cm³/mol. The Bertz CT molecular complexity index is 342. The van der Waals surface area contributed by atoms with Gasteiger partial charge in [-0.05, 0) is 47.0 Å². The maximum Gasteiger partial charge on any atom is 0.133 e. The molecular formula is C13H20BrNO2. The van der Waals surface area contributed by atoms with Gasteiger partial charge < -0.3 is 15.2 Å². The monoisotopic (exact) mass is 301 g/mol. The molecule has 0 saturated carbocycles. The molecule has 4 heteroatoms. The second-order valence-corrected chi connectivity index (χ2v) is 4.95. The third-order valence-electron chi connectivity index (χ3n) is 2.23. The van der Waals surface area contributed by atoms with Crippen LogP contribution in [0.25, 0.3) is 0 Å². The number of nitrogens with one attached hydrogen (secondary N) is 1. The summed E-state index contributed by atoms with van der Waals surface area (Å²) in [6, 6.07) is 6.05. The van der Waals surface area contributed by atoms with Crippen molar-refractivity contribution in [2.75, 3.05) is 13.2 Å². The molecule has 0 aliphatic heterocycles. The van der Waals surface area contributed by atoms with Crippen LogP contribution in [-0.2, 0) is 6.54 Å². The van der Waals surface area contributed by atoms with Gasteiger partial charge in [-0.2, -0.15) is 0 Å². The molecule has 0 bridgehead atoms. The van der Waals surface area contributed by atoms with Gasteiger partial charge in [-0.1, -0.05) is 13.0 Å². The van der Waals surface area contributed by atoms with Gasteiger partial charge in [0.15, 0.2) is 0 Å². The Morgan fingerprint density at radius 3 is 2.82 bits per heavy atom. The number of benzene rings is 1. The smallest absolute Gasteiger partial charge is 0.133 e. The Hall–Kier alpha value is -0.580. The molecule has 0 radical (unpaired) electrons. The van der Waals surface area contributed by atoms with E-state index in [0.717, 1.165) is 29.8 Å². The van der Waals surface area contributed by atoms with E-state index in [-0.39, 0.29) is 6.10 Å². The molecule has 1 aromatic rings. The van der Waals surface area contributed by atoms with Crippen molar-refractivity contribution >= 4 is 15.9 Å². The normalized spacial score (nSPS) is 12.5. The van der Waals surface area contributed by atoms with Crippen LogP contribution in [-0.4, -0.2) is 24.4 Å². The highest BCUT2D eigenvalue weighted by Gasteiger charge is 2.02. The molecule has 0 heterocycles. The van der Waals surface area contributed by atoms with Gasteiger partial charge in [0.2, 0.25) is 0 Å². The van der Waals surface area contributed by atoms with Gasteiger partial charge >= 0.3 is 0 Å². The van der Waals surface area contributed by atoms with Crippen molar-refractivity contribution in [3.05, 3.63) is 28.2 Å². The van der Waals surface area contributed by atoms with Crippen LogP contribution in [0.15, 0.2) is 22.7 Å². The SMILES string of the molecule is CCCOc1ccc(CNC[C@H](C)O)cc1Br. The summed E-state index contributed by atoms with van der Waals surface area (Å²) < 4.78 is 6.55. The number of ether oxygens (including phenoxy) is 1. The summed E-state index contributed by atoms with van der Waals surface area (Å²) in [6.45, 7) is 5.94. The zero-order valence-electron chi connectivity index (χ0n) is 10.4. The average Bonchev–Trinajstić information content (AvgIpc) is 2.27. The summed E-state index contributed by atoms with van der Waals surface area (Å²) in [7, 11) is 0. The second kappa shape index (κ2) is 7.69. The molecule has 0 spiro atoms. The molecule has 96 valence electrons. The van der Waals surface area contributed by atoms with Gasteiger partial charge in [0.1, 0.15) is 5.75 Å². The van der Waals surface area contributed by atoms with E-state index >= 15 is 0 Å².